The van der Waals surface area contributed by atoms with Gasteiger partial charge in [-0.05, 0) is 19.9 Å². The lowest BCUT2D eigenvalue weighted by molar-refractivity contribution is 0.1000. The summed E-state index contributed by atoms with van der Waals surface area (Å²) in [6.07, 6.45) is 1.80. The quantitative estimate of drug-likeness (QED) is 0.858. The molecule has 110 valence electrons. The summed E-state index contributed by atoms with van der Waals surface area (Å²) in [5, 5.41) is 0. The lowest BCUT2D eigenvalue weighted by atomic mass is 9.99. The number of allylic oxidation sites excluding steroid dienone is 1. The molecule has 0 aliphatic heterocycles. The van der Waals surface area contributed by atoms with Gasteiger partial charge in [-0.3, -0.25) is 4.79 Å². The van der Waals surface area contributed by atoms with Crippen LogP contribution in [-0.2, 0) is 6.54 Å². The number of carbonyl (C=O) groups excluding carboxylic acids is 1. The summed E-state index contributed by atoms with van der Waals surface area (Å²) in [6, 6.07) is 7.63. The third-order valence-electron chi connectivity index (χ3n) is 3.72. The van der Waals surface area contributed by atoms with E-state index >= 15 is 0 Å². The van der Waals surface area contributed by atoms with Crippen molar-refractivity contribution in [1.29, 1.82) is 0 Å². The van der Waals surface area contributed by atoms with Crippen LogP contribution in [0.4, 0.5) is 0 Å². The number of ether oxygens (including phenoxy) is 1. The SMILES string of the molecule is C=CCn1c(C)c(C(N)=O)c(-c2ccccc2OC)c1C. The van der Waals surface area contributed by atoms with Crippen LogP contribution in [0.25, 0.3) is 11.1 Å². The van der Waals surface area contributed by atoms with Gasteiger partial charge in [-0.1, -0.05) is 24.3 Å². The molecule has 0 saturated heterocycles. The van der Waals surface area contributed by atoms with Gasteiger partial charge in [0, 0.05) is 29.1 Å². The minimum atomic E-state index is -0.431. The Morgan fingerprint density at radius 2 is 2.00 bits per heavy atom. The zero-order valence-corrected chi connectivity index (χ0v) is 12.6. The van der Waals surface area contributed by atoms with Crippen molar-refractivity contribution in [1.82, 2.24) is 4.57 Å². The van der Waals surface area contributed by atoms with Gasteiger partial charge in [0.25, 0.3) is 5.91 Å². The fourth-order valence-electron chi connectivity index (χ4n) is 2.77. The Kier molecular flexibility index (Phi) is 4.17. The van der Waals surface area contributed by atoms with E-state index in [0.717, 1.165) is 28.3 Å². The van der Waals surface area contributed by atoms with E-state index in [4.69, 9.17) is 10.5 Å². The van der Waals surface area contributed by atoms with Crippen LogP contribution in [-0.4, -0.2) is 17.6 Å². The van der Waals surface area contributed by atoms with Gasteiger partial charge in [-0.25, -0.2) is 0 Å². The third kappa shape index (κ3) is 2.44. The predicted octanol–water partition coefficient (Wildman–Crippen LogP) is 3.07. The largest absolute Gasteiger partial charge is 0.496 e. The molecule has 0 fully saturated rings. The maximum atomic E-state index is 11.9. The van der Waals surface area contributed by atoms with Crippen LogP contribution in [0.15, 0.2) is 36.9 Å². The Morgan fingerprint density at radius 3 is 2.57 bits per heavy atom. The number of carbonyl (C=O) groups is 1. The third-order valence-corrected chi connectivity index (χ3v) is 3.72. The molecule has 1 aromatic carbocycles. The number of aromatic nitrogens is 1. The molecule has 2 N–H and O–H groups in total. The molecule has 0 aliphatic rings. The van der Waals surface area contributed by atoms with Gasteiger partial charge in [0.05, 0.1) is 12.7 Å². The Balaban J connectivity index is 2.81. The van der Waals surface area contributed by atoms with Gasteiger partial charge in [0.2, 0.25) is 0 Å². The van der Waals surface area contributed by atoms with Crippen LogP contribution >= 0.6 is 0 Å². The summed E-state index contributed by atoms with van der Waals surface area (Å²) >= 11 is 0. The molecular weight excluding hydrogens is 264 g/mol. The Hall–Kier alpha value is -2.49. The van der Waals surface area contributed by atoms with E-state index in [1.54, 1.807) is 13.2 Å². The van der Waals surface area contributed by atoms with Crippen molar-refractivity contribution < 1.29 is 9.53 Å². The van der Waals surface area contributed by atoms with Gasteiger partial charge in [-0.15, -0.1) is 6.58 Å². The zero-order valence-electron chi connectivity index (χ0n) is 12.6. The van der Waals surface area contributed by atoms with E-state index in [1.807, 2.05) is 42.7 Å². The van der Waals surface area contributed by atoms with Crippen LogP contribution < -0.4 is 10.5 Å². The standard InChI is InChI=1S/C17H20N2O2/c1-5-10-19-11(2)15(16(12(19)3)17(18)20)13-8-6-7-9-14(13)21-4/h5-9H,1,10H2,2-4H3,(H2,18,20). The molecule has 1 amide bonds. The normalized spacial score (nSPS) is 10.4. The summed E-state index contributed by atoms with van der Waals surface area (Å²) in [7, 11) is 1.62. The number of rotatable bonds is 5. The molecule has 1 aromatic heterocycles. The molecule has 1 heterocycles. The van der Waals surface area contributed by atoms with Crippen LogP contribution in [0.2, 0.25) is 0 Å². The lowest BCUT2D eigenvalue weighted by Crippen LogP contribution is -2.13. The second kappa shape index (κ2) is 5.87. The molecule has 0 spiro atoms. The monoisotopic (exact) mass is 284 g/mol. The molecule has 4 nitrogen and oxygen atoms in total. The zero-order chi connectivity index (χ0) is 15.6. The molecule has 21 heavy (non-hydrogen) atoms. The first-order valence-corrected chi connectivity index (χ1v) is 6.76. The van der Waals surface area contributed by atoms with E-state index in [9.17, 15) is 4.79 Å². The van der Waals surface area contributed by atoms with Crippen molar-refractivity contribution in [2.45, 2.75) is 20.4 Å². The molecule has 0 bridgehead atoms. The highest BCUT2D eigenvalue weighted by Gasteiger charge is 2.23. The van der Waals surface area contributed by atoms with Gasteiger partial charge >= 0.3 is 0 Å². The minimum absolute atomic E-state index is 0.431. The molecular formula is C17H20N2O2. The average molecular weight is 284 g/mol. The first-order chi connectivity index (χ1) is 10.0. The fraction of sp³-hybridized carbons (Fsp3) is 0.235. The number of hydrogen-bond donors (Lipinski definition) is 1. The van der Waals surface area contributed by atoms with Crippen LogP contribution in [0.5, 0.6) is 5.75 Å². The molecule has 4 heteroatoms. The van der Waals surface area contributed by atoms with Gasteiger partial charge in [-0.2, -0.15) is 0 Å². The maximum Gasteiger partial charge on any atom is 0.251 e. The van der Waals surface area contributed by atoms with E-state index in [0.29, 0.717) is 12.1 Å². The highest BCUT2D eigenvalue weighted by atomic mass is 16.5. The number of para-hydroxylation sites is 1. The summed E-state index contributed by atoms with van der Waals surface area (Å²) in [4.78, 5) is 11.9. The van der Waals surface area contributed by atoms with Crippen LogP contribution in [0.3, 0.4) is 0 Å². The summed E-state index contributed by atoms with van der Waals surface area (Å²) in [5.41, 5.74) is 9.67. The second-order valence-corrected chi connectivity index (χ2v) is 4.88. The first-order valence-electron chi connectivity index (χ1n) is 6.76. The van der Waals surface area contributed by atoms with Gasteiger partial charge in [0.1, 0.15) is 5.75 Å². The smallest absolute Gasteiger partial charge is 0.251 e. The number of methoxy groups -OCH3 is 1. The molecule has 0 saturated carbocycles. The van der Waals surface area contributed by atoms with Crippen molar-refractivity contribution >= 4 is 5.91 Å². The summed E-state index contributed by atoms with van der Waals surface area (Å²) in [5.74, 6) is 0.290. The second-order valence-electron chi connectivity index (χ2n) is 4.88. The Labute approximate surface area is 124 Å². The van der Waals surface area contributed by atoms with Crippen molar-refractivity contribution in [3.8, 4) is 16.9 Å². The van der Waals surface area contributed by atoms with E-state index in [2.05, 4.69) is 6.58 Å². The maximum absolute atomic E-state index is 11.9. The molecule has 2 rings (SSSR count). The first kappa shape index (κ1) is 14.9. The van der Waals surface area contributed by atoms with E-state index < -0.39 is 5.91 Å². The Bertz CT molecular complexity index is 699. The van der Waals surface area contributed by atoms with Crippen molar-refractivity contribution in [3.05, 3.63) is 53.9 Å². The minimum Gasteiger partial charge on any atom is -0.496 e. The highest BCUT2D eigenvalue weighted by Crippen LogP contribution is 2.37. The number of primary amides is 1. The molecule has 0 aliphatic carbocycles. The molecule has 0 radical (unpaired) electrons. The van der Waals surface area contributed by atoms with Crippen molar-refractivity contribution in [3.63, 3.8) is 0 Å². The van der Waals surface area contributed by atoms with Crippen molar-refractivity contribution in [2.24, 2.45) is 5.73 Å². The number of nitrogens with two attached hydrogens (primary N) is 1. The average Bonchev–Trinajstić information content (AvgIpc) is 2.72. The van der Waals surface area contributed by atoms with E-state index in [1.165, 1.54) is 0 Å². The van der Waals surface area contributed by atoms with Crippen LogP contribution in [0, 0.1) is 13.8 Å². The molecule has 0 unspecified atom stereocenters. The predicted molar refractivity (Wildman–Crippen MR) is 84.6 cm³/mol. The van der Waals surface area contributed by atoms with Crippen molar-refractivity contribution in [2.75, 3.05) is 7.11 Å². The van der Waals surface area contributed by atoms with E-state index in [-0.39, 0.29) is 0 Å². The molecule has 2 aromatic rings. The number of amides is 1. The highest BCUT2D eigenvalue weighted by molar-refractivity contribution is 6.02. The Morgan fingerprint density at radius 1 is 1.33 bits per heavy atom. The lowest BCUT2D eigenvalue weighted by Gasteiger charge is -2.10. The number of nitrogens with zero attached hydrogens (tertiary/aromatic N) is 1. The number of hydrogen-bond acceptors (Lipinski definition) is 2. The fourth-order valence-corrected chi connectivity index (χ4v) is 2.77. The van der Waals surface area contributed by atoms with Crippen LogP contribution in [0.1, 0.15) is 21.7 Å². The summed E-state index contributed by atoms with van der Waals surface area (Å²) in [6.45, 7) is 8.27. The topological polar surface area (TPSA) is 57.2 Å². The summed E-state index contributed by atoms with van der Waals surface area (Å²) < 4.78 is 7.45. The van der Waals surface area contributed by atoms with Gasteiger partial charge < -0.3 is 15.0 Å². The van der Waals surface area contributed by atoms with Gasteiger partial charge in [0.15, 0.2) is 0 Å². The molecule has 0 atom stereocenters. The number of benzene rings is 1.